The molecule has 7 heteroatoms. The zero-order chi connectivity index (χ0) is 15.7. The van der Waals surface area contributed by atoms with E-state index in [4.69, 9.17) is 0 Å². The van der Waals surface area contributed by atoms with Gasteiger partial charge in [-0.15, -0.1) is 0 Å². The van der Waals surface area contributed by atoms with Crippen molar-refractivity contribution in [3.8, 4) is 0 Å². The van der Waals surface area contributed by atoms with Gasteiger partial charge in [-0.25, -0.2) is 9.97 Å². The second-order valence-electron chi connectivity index (χ2n) is 5.15. The molecule has 0 spiro atoms. The lowest BCUT2D eigenvalue weighted by Gasteiger charge is -2.08. The topological polar surface area (TPSA) is 73.5 Å². The zero-order valence-corrected chi connectivity index (χ0v) is 13.5. The Morgan fingerprint density at radius 1 is 1.14 bits per heavy atom. The summed E-state index contributed by atoms with van der Waals surface area (Å²) in [6, 6.07) is 0. The van der Waals surface area contributed by atoms with E-state index < -0.39 is 0 Å². The van der Waals surface area contributed by atoms with Gasteiger partial charge in [0.05, 0.1) is 17.6 Å². The van der Waals surface area contributed by atoms with E-state index in [1.54, 1.807) is 0 Å². The summed E-state index contributed by atoms with van der Waals surface area (Å²) < 4.78 is 3.82. The molecule has 0 atom stereocenters. The molecule has 0 aliphatic heterocycles. The molecule has 0 bridgehead atoms. The number of hydrogen-bond donors (Lipinski definition) is 1. The fraction of sp³-hybridized carbons (Fsp3) is 0.467. The van der Waals surface area contributed by atoms with Crippen LogP contribution in [0.4, 0.5) is 11.5 Å². The lowest BCUT2D eigenvalue weighted by molar-refractivity contribution is 0.660. The van der Waals surface area contributed by atoms with Gasteiger partial charge < -0.3 is 5.32 Å². The molecular weight excluding hydrogens is 278 g/mol. The van der Waals surface area contributed by atoms with Crippen LogP contribution in [0.5, 0.6) is 0 Å². The highest BCUT2D eigenvalue weighted by molar-refractivity contribution is 5.89. The minimum Gasteiger partial charge on any atom is -0.336 e. The number of aryl methyl sites for hydroxylation is 4. The van der Waals surface area contributed by atoms with E-state index in [1.165, 1.54) is 0 Å². The van der Waals surface area contributed by atoms with Crippen LogP contribution in [-0.2, 0) is 19.5 Å². The zero-order valence-electron chi connectivity index (χ0n) is 13.5. The van der Waals surface area contributed by atoms with E-state index in [1.807, 2.05) is 28.7 Å². The summed E-state index contributed by atoms with van der Waals surface area (Å²) in [7, 11) is 0. The van der Waals surface area contributed by atoms with Gasteiger partial charge in [0.2, 0.25) is 0 Å². The normalized spacial score (nSPS) is 11.3. The van der Waals surface area contributed by atoms with Crippen molar-refractivity contribution in [1.82, 2.24) is 29.5 Å². The third-order valence-corrected chi connectivity index (χ3v) is 3.64. The smallest absolute Gasteiger partial charge is 0.160 e. The van der Waals surface area contributed by atoms with Crippen LogP contribution in [-0.4, -0.2) is 29.5 Å². The van der Waals surface area contributed by atoms with E-state index in [-0.39, 0.29) is 0 Å². The summed E-state index contributed by atoms with van der Waals surface area (Å²) in [6.45, 7) is 9.79. The van der Waals surface area contributed by atoms with Crippen molar-refractivity contribution in [2.24, 2.45) is 0 Å². The van der Waals surface area contributed by atoms with Crippen LogP contribution in [0.25, 0.3) is 11.0 Å². The number of fused-ring (bicyclic) bond motifs is 1. The maximum absolute atomic E-state index is 4.65. The quantitative estimate of drug-likeness (QED) is 0.784. The first kappa shape index (κ1) is 14.5. The molecule has 22 heavy (non-hydrogen) atoms. The average molecular weight is 299 g/mol. The lowest BCUT2D eigenvalue weighted by atomic mass is 10.3. The summed E-state index contributed by atoms with van der Waals surface area (Å²) in [6.07, 6.45) is 4.57. The van der Waals surface area contributed by atoms with Gasteiger partial charge in [0.15, 0.2) is 5.82 Å². The third-order valence-electron chi connectivity index (χ3n) is 3.64. The molecule has 0 unspecified atom stereocenters. The molecule has 0 aliphatic rings. The van der Waals surface area contributed by atoms with E-state index in [9.17, 15) is 0 Å². The molecule has 0 aliphatic carbocycles. The molecule has 0 saturated carbocycles. The van der Waals surface area contributed by atoms with Crippen LogP contribution in [0.3, 0.4) is 0 Å². The van der Waals surface area contributed by atoms with Crippen molar-refractivity contribution in [3.05, 3.63) is 23.9 Å². The largest absolute Gasteiger partial charge is 0.336 e. The first-order valence-corrected chi connectivity index (χ1v) is 7.69. The van der Waals surface area contributed by atoms with Gasteiger partial charge in [-0.1, -0.05) is 6.92 Å². The highest BCUT2D eigenvalue weighted by Gasteiger charge is 2.16. The molecule has 7 nitrogen and oxygen atoms in total. The highest BCUT2D eigenvalue weighted by Crippen LogP contribution is 2.26. The molecule has 116 valence electrons. The maximum Gasteiger partial charge on any atom is 0.160 e. The van der Waals surface area contributed by atoms with Crippen molar-refractivity contribution in [2.75, 3.05) is 5.32 Å². The van der Waals surface area contributed by atoms with Crippen LogP contribution in [0.2, 0.25) is 0 Å². The fourth-order valence-electron chi connectivity index (χ4n) is 2.49. The van der Waals surface area contributed by atoms with Crippen LogP contribution >= 0.6 is 0 Å². The number of hydrogen-bond acceptors (Lipinski definition) is 5. The molecule has 0 radical (unpaired) electrons. The van der Waals surface area contributed by atoms with Crippen molar-refractivity contribution in [2.45, 2.75) is 47.2 Å². The standard InChI is InChI=1S/C15H21N7/c1-5-12-18-13-10(4)20-22(7-3)14(13)15(19-12)17-11-8-16-21(6-2)9-11/h8-9H,5-7H2,1-4H3,(H,17,18,19). The Morgan fingerprint density at radius 3 is 2.59 bits per heavy atom. The maximum atomic E-state index is 4.65. The van der Waals surface area contributed by atoms with E-state index in [2.05, 4.69) is 46.3 Å². The Bertz CT molecular complexity index is 800. The fourth-order valence-corrected chi connectivity index (χ4v) is 2.49. The number of rotatable bonds is 5. The Morgan fingerprint density at radius 2 is 1.95 bits per heavy atom. The molecule has 3 aromatic heterocycles. The Balaban J connectivity index is 2.13. The molecule has 3 rings (SSSR count). The lowest BCUT2D eigenvalue weighted by Crippen LogP contribution is -2.04. The second-order valence-corrected chi connectivity index (χ2v) is 5.15. The summed E-state index contributed by atoms with van der Waals surface area (Å²) in [4.78, 5) is 9.28. The van der Waals surface area contributed by atoms with Crippen LogP contribution < -0.4 is 5.32 Å². The van der Waals surface area contributed by atoms with Crippen molar-refractivity contribution in [3.63, 3.8) is 0 Å². The van der Waals surface area contributed by atoms with E-state index in [0.29, 0.717) is 0 Å². The van der Waals surface area contributed by atoms with Gasteiger partial charge in [-0.05, 0) is 20.8 Å². The van der Waals surface area contributed by atoms with Crippen molar-refractivity contribution in [1.29, 1.82) is 0 Å². The predicted octanol–water partition coefficient (Wildman–Crippen LogP) is 2.68. The van der Waals surface area contributed by atoms with Gasteiger partial charge in [0, 0.05) is 25.7 Å². The third kappa shape index (κ3) is 2.43. The Labute approximate surface area is 129 Å². The van der Waals surface area contributed by atoms with Gasteiger partial charge in [0.1, 0.15) is 16.9 Å². The summed E-state index contributed by atoms with van der Waals surface area (Å²) in [5.74, 6) is 1.61. The van der Waals surface area contributed by atoms with Gasteiger partial charge in [-0.2, -0.15) is 10.2 Å². The van der Waals surface area contributed by atoms with Crippen LogP contribution in [0.1, 0.15) is 32.3 Å². The first-order valence-electron chi connectivity index (χ1n) is 7.69. The molecule has 0 amide bonds. The van der Waals surface area contributed by atoms with Gasteiger partial charge >= 0.3 is 0 Å². The average Bonchev–Trinajstić information content (AvgIpc) is 3.11. The Hall–Kier alpha value is -2.44. The summed E-state index contributed by atoms with van der Waals surface area (Å²) in [5, 5.41) is 12.2. The summed E-state index contributed by atoms with van der Waals surface area (Å²) >= 11 is 0. The minimum absolute atomic E-state index is 0.780. The number of anilines is 2. The second kappa shape index (κ2) is 5.75. The van der Waals surface area contributed by atoms with E-state index >= 15 is 0 Å². The number of nitrogens with zero attached hydrogens (tertiary/aromatic N) is 6. The van der Waals surface area contributed by atoms with Crippen LogP contribution in [0, 0.1) is 6.92 Å². The molecule has 0 fully saturated rings. The molecule has 0 saturated heterocycles. The SMILES string of the molecule is CCc1nc(Nc2cnn(CC)c2)c2c(n1)c(C)nn2CC. The molecule has 0 aromatic carbocycles. The number of aromatic nitrogens is 6. The van der Waals surface area contributed by atoms with Crippen molar-refractivity contribution >= 4 is 22.5 Å². The summed E-state index contributed by atoms with van der Waals surface area (Å²) in [5.41, 5.74) is 3.71. The Kier molecular flexibility index (Phi) is 3.79. The molecule has 3 aromatic rings. The monoisotopic (exact) mass is 299 g/mol. The van der Waals surface area contributed by atoms with Crippen LogP contribution in [0.15, 0.2) is 12.4 Å². The molecular formula is C15H21N7. The molecule has 1 N–H and O–H groups in total. The number of nitrogens with one attached hydrogen (secondary N) is 1. The molecule has 3 heterocycles. The van der Waals surface area contributed by atoms with Crippen molar-refractivity contribution < 1.29 is 0 Å². The first-order chi connectivity index (χ1) is 10.7. The predicted molar refractivity (Wildman–Crippen MR) is 86.3 cm³/mol. The minimum atomic E-state index is 0.780. The van der Waals surface area contributed by atoms with E-state index in [0.717, 1.165) is 53.6 Å². The van der Waals surface area contributed by atoms with Gasteiger partial charge in [0.25, 0.3) is 0 Å². The highest BCUT2D eigenvalue weighted by atomic mass is 15.3. The van der Waals surface area contributed by atoms with Gasteiger partial charge in [-0.3, -0.25) is 9.36 Å².